The van der Waals surface area contributed by atoms with Crippen LogP contribution in [-0.4, -0.2) is 24.4 Å². The van der Waals surface area contributed by atoms with E-state index in [0.29, 0.717) is 0 Å². The van der Waals surface area contributed by atoms with Crippen LogP contribution in [0.1, 0.15) is 43.2 Å². The van der Waals surface area contributed by atoms with E-state index in [-0.39, 0.29) is 17.4 Å². The molecule has 0 unspecified atom stereocenters. The fourth-order valence-electron chi connectivity index (χ4n) is 2.81. The molecular formula is C19H20F3NO4. The van der Waals surface area contributed by atoms with Gasteiger partial charge in [0.15, 0.2) is 6.61 Å². The number of hydrogen-bond donors (Lipinski definition) is 1. The van der Waals surface area contributed by atoms with Crippen LogP contribution in [0.3, 0.4) is 0 Å². The van der Waals surface area contributed by atoms with E-state index in [1.165, 1.54) is 12.1 Å². The van der Waals surface area contributed by atoms with Crippen molar-refractivity contribution in [3.63, 3.8) is 0 Å². The van der Waals surface area contributed by atoms with Crippen molar-refractivity contribution in [1.29, 1.82) is 0 Å². The van der Waals surface area contributed by atoms with Gasteiger partial charge in [-0.1, -0.05) is 31.4 Å². The minimum absolute atomic E-state index is 0.165. The highest BCUT2D eigenvalue weighted by atomic mass is 19.4. The summed E-state index contributed by atoms with van der Waals surface area (Å²) in [5, 5.41) is 2.20. The highest BCUT2D eigenvalue weighted by Gasteiger charge is 2.30. The second kappa shape index (κ2) is 9.34. The summed E-state index contributed by atoms with van der Waals surface area (Å²) in [4.78, 5) is 35.2. The number of esters is 1. The van der Waals surface area contributed by atoms with Gasteiger partial charge in [-0.2, -0.15) is 13.2 Å². The summed E-state index contributed by atoms with van der Waals surface area (Å²) < 4.78 is 42.6. The summed E-state index contributed by atoms with van der Waals surface area (Å²) in [6.45, 7) is -0.635. The molecule has 1 aliphatic rings. The molecule has 0 heterocycles. The van der Waals surface area contributed by atoms with Gasteiger partial charge in [0.1, 0.15) is 0 Å². The van der Waals surface area contributed by atoms with Crippen LogP contribution in [0.2, 0.25) is 0 Å². The summed E-state index contributed by atoms with van der Waals surface area (Å²) in [5.41, 5.74) is -0.669. The number of carbonyl (C=O) groups is 3. The van der Waals surface area contributed by atoms with Crippen LogP contribution in [0.4, 0.5) is 13.2 Å². The second-order valence-electron chi connectivity index (χ2n) is 6.31. The average Bonchev–Trinajstić information content (AvgIpc) is 2.65. The van der Waals surface area contributed by atoms with Crippen molar-refractivity contribution >= 4 is 23.9 Å². The van der Waals surface area contributed by atoms with Crippen LogP contribution in [0.15, 0.2) is 30.3 Å². The summed E-state index contributed by atoms with van der Waals surface area (Å²) >= 11 is 0. The first-order chi connectivity index (χ1) is 12.8. The number of rotatable bonds is 5. The molecule has 0 aliphatic heterocycles. The quantitative estimate of drug-likeness (QED) is 0.624. The van der Waals surface area contributed by atoms with Crippen LogP contribution in [-0.2, 0) is 25.3 Å². The topological polar surface area (TPSA) is 72.5 Å². The van der Waals surface area contributed by atoms with E-state index in [9.17, 15) is 27.6 Å². The fraction of sp³-hybridized carbons (Fsp3) is 0.421. The molecule has 8 heteroatoms. The third-order valence-corrected chi connectivity index (χ3v) is 4.21. The molecule has 0 spiro atoms. The lowest BCUT2D eigenvalue weighted by Crippen LogP contribution is -2.38. The number of benzene rings is 1. The number of imide groups is 1. The molecule has 1 fully saturated rings. The van der Waals surface area contributed by atoms with Crippen LogP contribution in [0.5, 0.6) is 0 Å². The van der Waals surface area contributed by atoms with Crippen LogP contribution >= 0.6 is 0 Å². The highest BCUT2D eigenvalue weighted by molar-refractivity contribution is 5.98. The van der Waals surface area contributed by atoms with Crippen molar-refractivity contribution in [1.82, 2.24) is 5.32 Å². The standard InChI is InChI=1S/C19H20F3NO4/c20-19(21,22)15-8-4-5-13(11-15)9-10-17(25)27-12-16(24)23-18(26)14-6-2-1-3-7-14/h4-5,8-11,14H,1-3,6-7,12H2,(H,23,24,26). The molecule has 1 aliphatic carbocycles. The van der Waals surface area contributed by atoms with Crippen molar-refractivity contribution in [2.45, 2.75) is 38.3 Å². The normalized spacial score (nSPS) is 15.5. The zero-order valence-electron chi connectivity index (χ0n) is 14.6. The lowest BCUT2D eigenvalue weighted by atomic mass is 9.89. The molecule has 27 heavy (non-hydrogen) atoms. The largest absolute Gasteiger partial charge is 0.452 e. The van der Waals surface area contributed by atoms with Gasteiger partial charge >= 0.3 is 12.1 Å². The molecule has 2 amide bonds. The van der Waals surface area contributed by atoms with Gasteiger partial charge in [-0.25, -0.2) is 4.79 Å². The molecule has 0 saturated heterocycles. The molecule has 1 N–H and O–H groups in total. The number of nitrogens with one attached hydrogen (secondary N) is 1. The Bertz CT molecular complexity index is 722. The van der Waals surface area contributed by atoms with Gasteiger partial charge < -0.3 is 4.74 Å². The average molecular weight is 383 g/mol. The van der Waals surface area contributed by atoms with Gasteiger partial charge in [0.2, 0.25) is 5.91 Å². The summed E-state index contributed by atoms with van der Waals surface area (Å²) in [6.07, 6.45) is 2.04. The lowest BCUT2D eigenvalue weighted by Gasteiger charge is -2.20. The molecule has 0 aromatic heterocycles. The first-order valence-electron chi connectivity index (χ1n) is 8.61. The maximum Gasteiger partial charge on any atom is 0.416 e. The van der Waals surface area contributed by atoms with Crippen molar-refractivity contribution in [2.75, 3.05) is 6.61 Å². The summed E-state index contributed by atoms with van der Waals surface area (Å²) in [7, 11) is 0. The number of carbonyl (C=O) groups excluding carboxylic acids is 3. The number of halogens is 3. The van der Waals surface area contributed by atoms with Crippen LogP contribution in [0.25, 0.3) is 6.08 Å². The van der Waals surface area contributed by atoms with E-state index >= 15 is 0 Å². The molecule has 5 nitrogen and oxygen atoms in total. The molecular weight excluding hydrogens is 363 g/mol. The van der Waals surface area contributed by atoms with Crippen molar-refractivity contribution < 1.29 is 32.3 Å². The first kappa shape index (κ1) is 20.7. The van der Waals surface area contributed by atoms with Gasteiger partial charge in [0.05, 0.1) is 5.56 Å². The van der Waals surface area contributed by atoms with Gasteiger partial charge in [0, 0.05) is 12.0 Å². The fourth-order valence-corrected chi connectivity index (χ4v) is 2.81. The smallest absolute Gasteiger partial charge is 0.416 e. The van der Waals surface area contributed by atoms with Gasteiger partial charge in [-0.3, -0.25) is 14.9 Å². The van der Waals surface area contributed by atoms with E-state index in [1.54, 1.807) is 0 Å². The van der Waals surface area contributed by atoms with E-state index in [2.05, 4.69) is 5.32 Å². The molecule has 146 valence electrons. The minimum Gasteiger partial charge on any atom is -0.452 e. The van der Waals surface area contributed by atoms with Crippen LogP contribution in [0, 0.1) is 5.92 Å². The number of amides is 2. The van der Waals surface area contributed by atoms with Gasteiger partial charge in [-0.15, -0.1) is 0 Å². The second-order valence-corrected chi connectivity index (χ2v) is 6.31. The van der Waals surface area contributed by atoms with Crippen LogP contribution < -0.4 is 5.32 Å². The Morgan fingerprint density at radius 1 is 1.15 bits per heavy atom. The van der Waals surface area contributed by atoms with Crippen molar-refractivity contribution in [2.24, 2.45) is 5.92 Å². The summed E-state index contributed by atoms with van der Waals surface area (Å²) in [5.74, 6) is -2.19. The highest BCUT2D eigenvalue weighted by Crippen LogP contribution is 2.29. The van der Waals surface area contributed by atoms with E-state index in [0.717, 1.165) is 56.4 Å². The maximum atomic E-state index is 12.6. The third kappa shape index (κ3) is 6.88. The first-order valence-corrected chi connectivity index (χ1v) is 8.61. The Balaban J connectivity index is 1.79. The molecule has 1 saturated carbocycles. The van der Waals surface area contributed by atoms with E-state index in [4.69, 9.17) is 4.74 Å². The number of ether oxygens (including phenoxy) is 1. The minimum atomic E-state index is -4.48. The van der Waals surface area contributed by atoms with Crippen molar-refractivity contribution in [3.8, 4) is 0 Å². The Hall–Kier alpha value is -2.64. The van der Waals surface area contributed by atoms with Gasteiger partial charge in [0.25, 0.3) is 5.91 Å². The van der Waals surface area contributed by atoms with Crippen molar-refractivity contribution in [3.05, 3.63) is 41.5 Å². The van der Waals surface area contributed by atoms with Gasteiger partial charge in [-0.05, 0) is 36.6 Å². The lowest BCUT2D eigenvalue weighted by molar-refractivity contribution is -0.146. The molecule has 1 aromatic rings. The summed E-state index contributed by atoms with van der Waals surface area (Å²) in [6, 6.07) is 4.43. The molecule has 0 bridgehead atoms. The Morgan fingerprint density at radius 3 is 2.52 bits per heavy atom. The zero-order valence-corrected chi connectivity index (χ0v) is 14.6. The SMILES string of the molecule is O=C(COC(=O)C=Cc1cccc(C(F)(F)F)c1)NC(=O)C1CCCCC1. The zero-order chi connectivity index (χ0) is 19.9. The molecule has 0 radical (unpaired) electrons. The Labute approximate surface area is 154 Å². The Kier molecular flexibility index (Phi) is 7.15. The molecule has 1 aromatic carbocycles. The maximum absolute atomic E-state index is 12.6. The third-order valence-electron chi connectivity index (χ3n) is 4.21. The molecule has 2 rings (SSSR count). The monoisotopic (exact) mass is 383 g/mol. The Morgan fingerprint density at radius 2 is 1.85 bits per heavy atom. The number of hydrogen-bond acceptors (Lipinski definition) is 4. The predicted molar refractivity (Wildman–Crippen MR) is 91.2 cm³/mol. The number of alkyl halides is 3. The van der Waals surface area contributed by atoms with E-state index < -0.39 is 30.2 Å². The molecule has 0 atom stereocenters. The predicted octanol–water partition coefficient (Wildman–Crippen LogP) is 3.48. The van der Waals surface area contributed by atoms with E-state index in [1.807, 2.05) is 0 Å².